The van der Waals surface area contributed by atoms with Crippen molar-refractivity contribution in [3.8, 4) is 0 Å². The van der Waals surface area contributed by atoms with E-state index in [2.05, 4.69) is 45.6 Å². The molecule has 0 spiro atoms. The first-order valence-corrected chi connectivity index (χ1v) is 9.09. The van der Waals surface area contributed by atoms with Gasteiger partial charge < -0.3 is 9.88 Å². The van der Waals surface area contributed by atoms with E-state index >= 15 is 0 Å². The van der Waals surface area contributed by atoms with E-state index in [4.69, 9.17) is 0 Å². The highest BCUT2D eigenvalue weighted by Crippen LogP contribution is 2.22. The van der Waals surface area contributed by atoms with Gasteiger partial charge in [0.25, 0.3) is 0 Å². The zero-order valence-electron chi connectivity index (χ0n) is 15.5. The van der Waals surface area contributed by atoms with Gasteiger partial charge in [-0.2, -0.15) is 0 Å². The third kappa shape index (κ3) is 3.64. The summed E-state index contributed by atoms with van der Waals surface area (Å²) in [7, 11) is 2.19. The summed E-state index contributed by atoms with van der Waals surface area (Å²) in [5, 5.41) is 3.15. The minimum Gasteiger partial charge on any atom is -0.355 e. The monoisotopic (exact) mass is 333 g/mol. The fourth-order valence-electron chi connectivity index (χ4n) is 3.86. The topological polar surface area (TPSA) is 53.4 Å². The van der Waals surface area contributed by atoms with E-state index in [9.17, 15) is 4.79 Å². The van der Waals surface area contributed by atoms with Crippen LogP contribution in [0.25, 0.3) is 0 Å². The summed E-state index contributed by atoms with van der Waals surface area (Å²) in [6.45, 7) is 12.4. The number of nitrogens with zero attached hydrogens (tertiary/aromatic N) is 4. The molecule has 0 saturated carbocycles. The number of aryl methyl sites for hydroxylation is 1. The van der Waals surface area contributed by atoms with E-state index in [-0.39, 0.29) is 17.4 Å². The fourth-order valence-corrected chi connectivity index (χ4v) is 3.86. The molecule has 2 aliphatic heterocycles. The standard InChI is InChI=1S/C18H31N5O/c1-14-20-12-16-11-15(5-7-23(14)16)17(24)19-6-8-22-10-9-21(4)18(2,3)13-22/h12,15H,5-11,13H2,1-4H3,(H,19,24). The predicted molar refractivity (Wildman–Crippen MR) is 94.9 cm³/mol. The molecule has 1 amide bonds. The molecule has 134 valence electrons. The summed E-state index contributed by atoms with van der Waals surface area (Å²) < 4.78 is 2.23. The summed E-state index contributed by atoms with van der Waals surface area (Å²) in [6, 6.07) is 0. The molecule has 6 nitrogen and oxygen atoms in total. The van der Waals surface area contributed by atoms with E-state index in [1.165, 1.54) is 5.69 Å². The molecule has 24 heavy (non-hydrogen) atoms. The van der Waals surface area contributed by atoms with E-state index in [0.717, 1.165) is 57.9 Å². The molecule has 1 unspecified atom stereocenters. The third-order valence-electron chi connectivity index (χ3n) is 5.79. The van der Waals surface area contributed by atoms with Crippen LogP contribution >= 0.6 is 0 Å². The Morgan fingerprint density at radius 2 is 2.17 bits per heavy atom. The van der Waals surface area contributed by atoms with E-state index in [0.29, 0.717) is 0 Å². The first kappa shape index (κ1) is 17.4. The van der Waals surface area contributed by atoms with E-state index in [1.807, 2.05) is 13.1 Å². The summed E-state index contributed by atoms with van der Waals surface area (Å²) in [5.41, 5.74) is 1.40. The predicted octanol–water partition coefficient (Wildman–Crippen LogP) is 0.896. The first-order chi connectivity index (χ1) is 11.4. The van der Waals surface area contributed by atoms with Gasteiger partial charge in [-0.15, -0.1) is 0 Å². The van der Waals surface area contributed by atoms with Crippen molar-refractivity contribution in [3.63, 3.8) is 0 Å². The number of hydrogen-bond donors (Lipinski definition) is 1. The number of carbonyl (C=O) groups is 1. The Labute approximate surface area is 145 Å². The lowest BCUT2D eigenvalue weighted by Gasteiger charge is -2.45. The quantitative estimate of drug-likeness (QED) is 0.889. The smallest absolute Gasteiger partial charge is 0.223 e. The summed E-state index contributed by atoms with van der Waals surface area (Å²) in [5.74, 6) is 1.35. The first-order valence-electron chi connectivity index (χ1n) is 9.09. The van der Waals surface area contributed by atoms with Crippen molar-refractivity contribution in [3.05, 3.63) is 17.7 Å². The summed E-state index contributed by atoms with van der Waals surface area (Å²) >= 11 is 0. The maximum atomic E-state index is 12.5. The molecule has 1 saturated heterocycles. The zero-order chi connectivity index (χ0) is 17.3. The minimum absolute atomic E-state index is 0.0949. The van der Waals surface area contributed by atoms with Crippen molar-refractivity contribution in [2.45, 2.75) is 45.7 Å². The maximum absolute atomic E-state index is 12.5. The van der Waals surface area contributed by atoms with Crippen LogP contribution in [-0.4, -0.2) is 70.6 Å². The van der Waals surface area contributed by atoms with Crippen molar-refractivity contribution in [1.29, 1.82) is 0 Å². The lowest BCUT2D eigenvalue weighted by molar-refractivity contribution is -0.125. The summed E-state index contributed by atoms with van der Waals surface area (Å²) in [6.07, 6.45) is 3.65. The van der Waals surface area contributed by atoms with Crippen LogP contribution in [0, 0.1) is 12.8 Å². The molecule has 1 N–H and O–H groups in total. The molecule has 1 atom stereocenters. The Kier molecular flexibility index (Phi) is 4.97. The van der Waals surface area contributed by atoms with Crippen LogP contribution in [0.1, 0.15) is 31.8 Å². The number of fused-ring (bicyclic) bond motifs is 1. The SMILES string of the molecule is Cc1ncc2n1CCC(C(=O)NCCN1CCN(C)C(C)(C)C1)C2. The molecule has 0 aliphatic carbocycles. The van der Waals surface area contributed by atoms with Crippen LogP contribution in [0.15, 0.2) is 6.20 Å². The van der Waals surface area contributed by atoms with Crippen LogP contribution in [-0.2, 0) is 17.8 Å². The molecule has 6 heteroatoms. The van der Waals surface area contributed by atoms with Gasteiger partial charge in [0.15, 0.2) is 0 Å². The molecule has 2 aliphatic rings. The van der Waals surface area contributed by atoms with Crippen molar-refractivity contribution in [1.82, 2.24) is 24.7 Å². The maximum Gasteiger partial charge on any atom is 0.223 e. The molecular weight excluding hydrogens is 302 g/mol. The van der Waals surface area contributed by atoms with Gasteiger partial charge in [0.2, 0.25) is 5.91 Å². The molecule has 0 radical (unpaired) electrons. The zero-order valence-corrected chi connectivity index (χ0v) is 15.5. The van der Waals surface area contributed by atoms with Gasteiger partial charge in [0, 0.05) is 69.0 Å². The number of rotatable bonds is 4. The van der Waals surface area contributed by atoms with Crippen molar-refractivity contribution in [2.75, 3.05) is 39.8 Å². The van der Waals surface area contributed by atoms with Crippen LogP contribution in [0.2, 0.25) is 0 Å². The second-order valence-corrected chi connectivity index (χ2v) is 7.94. The van der Waals surface area contributed by atoms with Crippen molar-refractivity contribution in [2.24, 2.45) is 5.92 Å². The van der Waals surface area contributed by atoms with Gasteiger partial charge >= 0.3 is 0 Å². The minimum atomic E-state index is 0.0949. The molecular formula is C18H31N5O. The Bertz CT molecular complexity index is 594. The number of aromatic nitrogens is 2. The number of likely N-dealkylation sites (N-methyl/N-ethyl adjacent to an activating group) is 1. The number of hydrogen-bond acceptors (Lipinski definition) is 4. The number of nitrogens with one attached hydrogen (secondary N) is 1. The number of carbonyl (C=O) groups excluding carboxylic acids is 1. The second kappa shape index (κ2) is 6.84. The molecule has 0 aromatic carbocycles. The molecule has 1 aromatic heterocycles. The Morgan fingerprint density at radius 1 is 1.38 bits per heavy atom. The van der Waals surface area contributed by atoms with Crippen LogP contribution in [0.5, 0.6) is 0 Å². The van der Waals surface area contributed by atoms with Crippen LogP contribution in [0.4, 0.5) is 0 Å². The number of imidazole rings is 1. The Balaban J connectivity index is 1.44. The highest BCUT2D eigenvalue weighted by atomic mass is 16.1. The molecule has 1 aromatic rings. The van der Waals surface area contributed by atoms with Gasteiger partial charge in [0.1, 0.15) is 5.82 Å². The number of amides is 1. The highest BCUT2D eigenvalue weighted by Gasteiger charge is 2.31. The average molecular weight is 333 g/mol. The number of piperazine rings is 1. The van der Waals surface area contributed by atoms with Crippen LogP contribution in [0.3, 0.4) is 0 Å². The van der Waals surface area contributed by atoms with Crippen molar-refractivity contribution >= 4 is 5.91 Å². The molecule has 3 rings (SSSR count). The van der Waals surface area contributed by atoms with Crippen molar-refractivity contribution < 1.29 is 4.79 Å². The average Bonchev–Trinajstić information content (AvgIpc) is 2.91. The normalized spacial score (nSPS) is 24.6. The second-order valence-electron chi connectivity index (χ2n) is 7.94. The lowest BCUT2D eigenvalue weighted by Crippen LogP contribution is -2.58. The molecule has 1 fully saturated rings. The fraction of sp³-hybridized carbons (Fsp3) is 0.778. The lowest BCUT2D eigenvalue weighted by atomic mass is 9.95. The van der Waals surface area contributed by atoms with E-state index < -0.39 is 0 Å². The van der Waals surface area contributed by atoms with Gasteiger partial charge in [0.05, 0.1) is 0 Å². The Morgan fingerprint density at radius 3 is 2.92 bits per heavy atom. The van der Waals surface area contributed by atoms with Gasteiger partial charge in [-0.3, -0.25) is 14.6 Å². The largest absolute Gasteiger partial charge is 0.355 e. The molecule has 3 heterocycles. The van der Waals surface area contributed by atoms with Gasteiger partial charge in [-0.25, -0.2) is 4.98 Å². The Hall–Kier alpha value is -1.40. The van der Waals surface area contributed by atoms with E-state index in [1.54, 1.807) is 0 Å². The third-order valence-corrected chi connectivity index (χ3v) is 5.79. The molecule has 0 bridgehead atoms. The highest BCUT2D eigenvalue weighted by molar-refractivity contribution is 5.79. The van der Waals surface area contributed by atoms with Crippen LogP contribution < -0.4 is 5.32 Å². The van der Waals surface area contributed by atoms with Gasteiger partial charge in [-0.1, -0.05) is 0 Å². The van der Waals surface area contributed by atoms with Gasteiger partial charge in [-0.05, 0) is 34.2 Å². The summed E-state index contributed by atoms with van der Waals surface area (Å²) in [4.78, 5) is 21.7.